The second-order valence-corrected chi connectivity index (χ2v) is 8.81. The molecule has 0 saturated heterocycles. The van der Waals surface area contributed by atoms with Gasteiger partial charge in [-0.25, -0.2) is 0 Å². The van der Waals surface area contributed by atoms with Gasteiger partial charge in [0.15, 0.2) is 0 Å². The maximum atomic E-state index is 10.6. The standard InChI is InChI=1S/C4H12O3P2/c1-8(2,3)7-9(4,5)6/h1-4H3/p+1. The summed E-state index contributed by atoms with van der Waals surface area (Å²) in [6.07, 6.45) is 0. The Labute approximate surface area is 56.4 Å². The van der Waals surface area contributed by atoms with E-state index in [2.05, 4.69) is 0 Å². The smallest absolute Gasteiger partial charge is 0.322 e. The Bertz CT molecular complexity index is 131. The molecule has 0 aromatic carbocycles. The van der Waals surface area contributed by atoms with Crippen molar-refractivity contribution in [1.29, 1.82) is 0 Å². The van der Waals surface area contributed by atoms with Gasteiger partial charge in [0.25, 0.3) is 0 Å². The first kappa shape index (κ1) is 9.58. The van der Waals surface area contributed by atoms with E-state index in [1.54, 1.807) is 0 Å². The van der Waals surface area contributed by atoms with Crippen LogP contribution in [-0.2, 0) is 8.88 Å². The molecule has 1 atom stereocenters. The summed E-state index contributed by atoms with van der Waals surface area (Å²) >= 11 is 0. The lowest BCUT2D eigenvalue weighted by atomic mass is 11.9. The van der Waals surface area contributed by atoms with Gasteiger partial charge in [0.1, 0.15) is 7.49 Å². The van der Waals surface area contributed by atoms with Crippen molar-refractivity contribution < 1.29 is 13.8 Å². The molecule has 3 nitrogen and oxygen atoms in total. The molecular formula is C4H13O3P2+. The van der Waals surface area contributed by atoms with Crippen LogP contribution in [0, 0.1) is 0 Å². The molecule has 1 unspecified atom stereocenters. The van der Waals surface area contributed by atoms with Crippen LogP contribution in [0.3, 0.4) is 0 Å². The number of rotatable bonds is 2. The van der Waals surface area contributed by atoms with Crippen molar-refractivity contribution in [1.82, 2.24) is 0 Å². The number of hydrogen-bond donors (Lipinski definition) is 1. The zero-order valence-corrected chi connectivity index (χ0v) is 7.95. The lowest BCUT2D eigenvalue weighted by Gasteiger charge is -2.11. The highest BCUT2D eigenvalue weighted by Crippen LogP contribution is 2.60. The minimum atomic E-state index is -3.24. The quantitative estimate of drug-likeness (QED) is 0.642. The molecule has 0 aliphatic rings. The molecule has 1 N–H and O–H groups in total. The van der Waals surface area contributed by atoms with Crippen molar-refractivity contribution in [2.45, 2.75) is 0 Å². The van der Waals surface area contributed by atoms with Crippen LogP contribution in [-0.4, -0.2) is 31.6 Å². The van der Waals surface area contributed by atoms with Crippen LogP contribution < -0.4 is 0 Å². The van der Waals surface area contributed by atoms with Gasteiger partial charge in [-0.15, -0.1) is 0 Å². The van der Waals surface area contributed by atoms with Crippen LogP contribution in [0.5, 0.6) is 0 Å². The van der Waals surface area contributed by atoms with Crippen LogP contribution in [0.1, 0.15) is 0 Å². The van der Waals surface area contributed by atoms with Gasteiger partial charge in [0.05, 0.1) is 20.0 Å². The first-order valence-corrected chi connectivity index (χ1v) is 7.61. The van der Waals surface area contributed by atoms with E-state index in [0.29, 0.717) is 0 Å². The Hall–Kier alpha value is 0.580. The Balaban J connectivity index is 3.90. The molecule has 0 amide bonds. The molecule has 0 saturated carbocycles. The minimum absolute atomic E-state index is 1.21. The van der Waals surface area contributed by atoms with E-state index in [1.807, 2.05) is 20.0 Å². The van der Waals surface area contributed by atoms with Gasteiger partial charge in [0, 0.05) is 6.66 Å². The predicted octanol–water partition coefficient (Wildman–Crippen LogP) is 1.64. The van der Waals surface area contributed by atoms with Crippen molar-refractivity contribution in [3.63, 3.8) is 0 Å². The second-order valence-electron chi connectivity index (χ2n) is 2.77. The average Bonchev–Trinajstić information content (AvgIpc) is 1.14. The highest BCUT2D eigenvalue weighted by Gasteiger charge is 2.28. The molecule has 9 heavy (non-hydrogen) atoms. The summed E-state index contributed by atoms with van der Waals surface area (Å²) in [6.45, 7) is 6.75. The van der Waals surface area contributed by atoms with Crippen molar-refractivity contribution >= 4 is 15.1 Å². The summed E-state index contributed by atoms with van der Waals surface area (Å²) in [7, 11) is -4.79. The Morgan fingerprint density at radius 3 is 1.78 bits per heavy atom. The Kier molecular flexibility index (Phi) is 2.85. The summed E-state index contributed by atoms with van der Waals surface area (Å²) in [6, 6.07) is 0. The van der Waals surface area contributed by atoms with Gasteiger partial charge in [-0.2, -0.15) is 4.31 Å². The van der Waals surface area contributed by atoms with Crippen LogP contribution in [0.4, 0.5) is 0 Å². The molecule has 0 aliphatic carbocycles. The topological polar surface area (TPSA) is 46.5 Å². The molecule has 0 aromatic heterocycles. The lowest BCUT2D eigenvalue weighted by Crippen LogP contribution is -1.89. The van der Waals surface area contributed by atoms with Crippen LogP contribution in [0.2, 0.25) is 0 Å². The van der Waals surface area contributed by atoms with Crippen molar-refractivity contribution in [2.24, 2.45) is 0 Å². The van der Waals surface area contributed by atoms with E-state index < -0.39 is 15.1 Å². The molecule has 0 heterocycles. The minimum Gasteiger partial charge on any atom is -0.322 e. The summed E-state index contributed by atoms with van der Waals surface area (Å²) in [5.41, 5.74) is 0. The normalized spacial score (nSPS) is 19.2. The molecule has 56 valence electrons. The average molecular weight is 171 g/mol. The van der Waals surface area contributed by atoms with E-state index in [4.69, 9.17) is 9.20 Å². The van der Waals surface area contributed by atoms with E-state index >= 15 is 0 Å². The van der Waals surface area contributed by atoms with Crippen molar-refractivity contribution in [2.75, 3.05) is 26.7 Å². The molecular weight excluding hydrogens is 158 g/mol. The van der Waals surface area contributed by atoms with E-state index in [-0.39, 0.29) is 0 Å². The summed E-state index contributed by atoms with van der Waals surface area (Å²) in [5, 5.41) is 0. The second kappa shape index (κ2) is 2.67. The predicted molar refractivity (Wildman–Crippen MR) is 41.5 cm³/mol. The summed E-state index contributed by atoms with van der Waals surface area (Å²) in [4.78, 5) is 8.71. The molecule has 0 bridgehead atoms. The summed E-state index contributed by atoms with van der Waals surface area (Å²) in [5.74, 6) is 0. The molecule has 0 spiro atoms. The largest absolute Gasteiger partial charge is 0.358 e. The third kappa shape index (κ3) is 8.58. The van der Waals surface area contributed by atoms with Gasteiger partial charge in [-0.05, 0) is 0 Å². The van der Waals surface area contributed by atoms with Crippen LogP contribution >= 0.6 is 15.1 Å². The van der Waals surface area contributed by atoms with Gasteiger partial charge in [-0.1, -0.05) is 0 Å². The fourth-order valence-corrected chi connectivity index (χ4v) is 4.09. The SMILES string of the molecule is CP(=O)(O)O[P+](C)(C)C. The highest BCUT2D eigenvalue weighted by atomic mass is 31.3. The van der Waals surface area contributed by atoms with Crippen LogP contribution in [0.25, 0.3) is 0 Å². The lowest BCUT2D eigenvalue weighted by molar-refractivity contribution is 0.400. The monoisotopic (exact) mass is 171 g/mol. The zero-order chi connectivity index (χ0) is 7.71. The van der Waals surface area contributed by atoms with Gasteiger partial charge < -0.3 is 4.89 Å². The third-order valence-corrected chi connectivity index (χ3v) is 3.57. The number of hydrogen-bond acceptors (Lipinski definition) is 2. The molecule has 0 fully saturated rings. The molecule has 0 radical (unpaired) electrons. The molecule has 5 heteroatoms. The molecule has 0 aromatic rings. The van der Waals surface area contributed by atoms with E-state index in [1.165, 1.54) is 6.66 Å². The van der Waals surface area contributed by atoms with E-state index in [9.17, 15) is 4.57 Å². The first-order chi connectivity index (χ1) is 3.71. The zero-order valence-electron chi connectivity index (χ0n) is 6.16. The van der Waals surface area contributed by atoms with Crippen molar-refractivity contribution in [3.05, 3.63) is 0 Å². The summed E-state index contributed by atoms with van der Waals surface area (Å²) < 4.78 is 15.4. The Morgan fingerprint density at radius 1 is 1.44 bits per heavy atom. The van der Waals surface area contributed by atoms with Gasteiger partial charge in [-0.3, -0.25) is 4.57 Å². The fourth-order valence-electron chi connectivity index (χ4n) is 0.454. The maximum absolute atomic E-state index is 10.6. The van der Waals surface area contributed by atoms with Crippen LogP contribution in [0.15, 0.2) is 0 Å². The van der Waals surface area contributed by atoms with Crippen molar-refractivity contribution in [3.8, 4) is 0 Å². The Morgan fingerprint density at radius 2 is 1.78 bits per heavy atom. The maximum Gasteiger partial charge on any atom is 0.358 e. The highest BCUT2D eigenvalue weighted by molar-refractivity contribution is 7.76. The van der Waals surface area contributed by atoms with Gasteiger partial charge >= 0.3 is 7.60 Å². The molecule has 0 rings (SSSR count). The third-order valence-electron chi connectivity index (χ3n) is 0.396. The first-order valence-electron chi connectivity index (χ1n) is 2.54. The molecule has 0 aliphatic heterocycles. The van der Waals surface area contributed by atoms with E-state index in [0.717, 1.165) is 0 Å². The van der Waals surface area contributed by atoms with Gasteiger partial charge in [0.2, 0.25) is 0 Å². The fraction of sp³-hybridized carbons (Fsp3) is 1.00.